The van der Waals surface area contributed by atoms with Crippen LogP contribution in [0.15, 0.2) is 142 Å². The molecule has 8 rings (SSSR count). The van der Waals surface area contributed by atoms with E-state index in [9.17, 15) is 0 Å². The maximum atomic E-state index is 5.91. The topological polar surface area (TPSA) is 26.3 Å². The van der Waals surface area contributed by atoms with E-state index < -0.39 is 0 Å². The Labute approximate surface area is 296 Å². The van der Waals surface area contributed by atoms with E-state index in [0.29, 0.717) is 0 Å². The molecule has 0 aliphatic rings. The molecule has 2 heterocycles. The molecule has 2 nitrogen and oxygen atoms in total. The van der Waals surface area contributed by atoms with Gasteiger partial charge in [-0.25, -0.2) is 0 Å². The summed E-state index contributed by atoms with van der Waals surface area (Å²) in [5.74, 6) is 3.97. The molecule has 0 aliphatic heterocycles. The molecular formula is C44H38O2Zr. The SMILES string of the molecule is CCc1ccc(-c2cc3c(-c4ccc(C)cc4)cccc3[cH-]2)o1.CCc1ccc(-c2cc3c(-c4ccc(C)cc4)cccc3[cH-]2)o1.[Zr+2]. The van der Waals surface area contributed by atoms with Crippen molar-refractivity contribution in [2.24, 2.45) is 0 Å². The number of aryl methyl sites for hydroxylation is 4. The minimum atomic E-state index is 0. The molecule has 0 spiro atoms. The van der Waals surface area contributed by atoms with Crippen LogP contribution in [0.1, 0.15) is 36.5 Å². The number of furan rings is 2. The molecule has 0 radical (unpaired) electrons. The van der Waals surface area contributed by atoms with Crippen LogP contribution in [0.25, 0.3) is 66.4 Å². The van der Waals surface area contributed by atoms with E-state index in [1.54, 1.807) is 0 Å². The molecule has 8 aromatic rings. The normalized spacial score (nSPS) is 11.0. The Hall–Kier alpha value is -4.46. The number of fused-ring (bicyclic) bond motifs is 2. The van der Waals surface area contributed by atoms with Gasteiger partial charge in [-0.15, -0.1) is 57.9 Å². The van der Waals surface area contributed by atoms with Gasteiger partial charge in [0, 0.05) is 12.8 Å². The fraction of sp³-hybridized carbons (Fsp3) is 0.136. The average Bonchev–Trinajstić information content (AvgIpc) is 3.90. The summed E-state index contributed by atoms with van der Waals surface area (Å²) in [6.07, 6.45) is 1.85. The summed E-state index contributed by atoms with van der Waals surface area (Å²) < 4.78 is 11.8. The summed E-state index contributed by atoms with van der Waals surface area (Å²) in [4.78, 5) is 0. The van der Waals surface area contributed by atoms with Crippen LogP contribution in [-0.4, -0.2) is 0 Å². The third-order valence-electron chi connectivity index (χ3n) is 8.82. The molecule has 6 aromatic carbocycles. The minimum Gasteiger partial charge on any atom is -0.496 e. The Morgan fingerprint density at radius 1 is 0.489 bits per heavy atom. The molecule has 0 amide bonds. The molecule has 0 atom stereocenters. The van der Waals surface area contributed by atoms with Crippen LogP contribution in [-0.2, 0) is 39.0 Å². The van der Waals surface area contributed by atoms with Crippen molar-refractivity contribution in [3.8, 4) is 44.9 Å². The summed E-state index contributed by atoms with van der Waals surface area (Å²) in [6.45, 7) is 8.46. The molecule has 0 N–H and O–H groups in total. The number of hydrogen-bond donors (Lipinski definition) is 0. The molecule has 0 saturated carbocycles. The summed E-state index contributed by atoms with van der Waals surface area (Å²) in [5.41, 5.74) is 9.93. The van der Waals surface area contributed by atoms with E-state index in [1.165, 1.54) is 54.9 Å². The van der Waals surface area contributed by atoms with Gasteiger partial charge in [-0.2, -0.15) is 0 Å². The predicted octanol–water partition coefficient (Wildman–Crippen LogP) is 12.7. The fourth-order valence-corrected chi connectivity index (χ4v) is 6.17. The summed E-state index contributed by atoms with van der Waals surface area (Å²) >= 11 is 0. The Bertz CT molecular complexity index is 2070. The first kappa shape index (κ1) is 32.5. The Morgan fingerprint density at radius 3 is 1.26 bits per heavy atom. The number of rotatable bonds is 6. The van der Waals surface area contributed by atoms with Crippen molar-refractivity contribution >= 4 is 21.5 Å². The summed E-state index contributed by atoms with van der Waals surface area (Å²) in [5, 5.41) is 5.07. The smallest absolute Gasteiger partial charge is 0.496 e. The first-order chi connectivity index (χ1) is 22.5. The van der Waals surface area contributed by atoms with E-state index in [-0.39, 0.29) is 26.2 Å². The predicted molar refractivity (Wildman–Crippen MR) is 194 cm³/mol. The van der Waals surface area contributed by atoms with E-state index >= 15 is 0 Å². The van der Waals surface area contributed by atoms with Gasteiger partial charge in [0.2, 0.25) is 0 Å². The molecule has 0 aliphatic carbocycles. The molecule has 0 bridgehead atoms. The van der Waals surface area contributed by atoms with E-state index in [4.69, 9.17) is 8.83 Å². The van der Waals surface area contributed by atoms with Gasteiger partial charge in [0.25, 0.3) is 0 Å². The largest absolute Gasteiger partial charge is 2.00 e. The van der Waals surface area contributed by atoms with Crippen molar-refractivity contribution in [3.05, 3.63) is 156 Å². The van der Waals surface area contributed by atoms with Crippen molar-refractivity contribution < 1.29 is 35.0 Å². The molecule has 47 heavy (non-hydrogen) atoms. The quantitative estimate of drug-likeness (QED) is 0.162. The van der Waals surface area contributed by atoms with Crippen LogP contribution in [0.2, 0.25) is 0 Å². The number of benzene rings is 4. The standard InChI is InChI=1S/2C22H19O.Zr/c2*1-3-19-11-12-22(23-19)18-13-17-5-4-6-20(21(17)14-18)16-9-7-15(2)8-10-16;/h2*4-14H,3H2,1-2H3;/q2*-1;+2. The number of hydrogen-bond acceptors (Lipinski definition) is 2. The average molecular weight is 690 g/mol. The maximum Gasteiger partial charge on any atom is 2.00 e. The fourth-order valence-electron chi connectivity index (χ4n) is 6.17. The zero-order chi connectivity index (χ0) is 31.6. The minimum absolute atomic E-state index is 0. The first-order valence-electron chi connectivity index (χ1n) is 16.2. The zero-order valence-corrected chi connectivity index (χ0v) is 29.9. The van der Waals surface area contributed by atoms with Gasteiger partial charge in [-0.1, -0.05) is 120 Å². The van der Waals surface area contributed by atoms with E-state index in [2.05, 4.69) is 161 Å². The Morgan fingerprint density at radius 2 is 0.894 bits per heavy atom. The Balaban J connectivity index is 0.000000161. The Kier molecular flexibility index (Phi) is 9.76. The van der Waals surface area contributed by atoms with Gasteiger partial charge in [-0.3, -0.25) is 0 Å². The monoisotopic (exact) mass is 688 g/mol. The molecule has 0 unspecified atom stereocenters. The van der Waals surface area contributed by atoms with Crippen molar-refractivity contribution in [1.29, 1.82) is 0 Å². The van der Waals surface area contributed by atoms with Crippen LogP contribution in [0, 0.1) is 13.8 Å². The van der Waals surface area contributed by atoms with Gasteiger partial charge in [0.05, 0.1) is 23.0 Å². The third-order valence-corrected chi connectivity index (χ3v) is 8.82. The van der Waals surface area contributed by atoms with Gasteiger partial charge >= 0.3 is 26.2 Å². The maximum absolute atomic E-state index is 5.91. The summed E-state index contributed by atoms with van der Waals surface area (Å²) in [6, 6.07) is 47.6. The molecule has 2 aromatic heterocycles. The van der Waals surface area contributed by atoms with Crippen molar-refractivity contribution in [3.63, 3.8) is 0 Å². The van der Waals surface area contributed by atoms with Crippen LogP contribution in [0.3, 0.4) is 0 Å². The van der Waals surface area contributed by atoms with E-state index in [1.807, 2.05) is 0 Å². The molecule has 0 fully saturated rings. The molecular weight excluding hydrogens is 652 g/mol. The molecule has 0 saturated heterocycles. The van der Waals surface area contributed by atoms with Crippen LogP contribution in [0.4, 0.5) is 0 Å². The van der Waals surface area contributed by atoms with Gasteiger partial charge in [0.15, 0.2) is 0 Å². The summed E-state index contributed by atoms with van der Waals surface area (Å²) in [7, 11) is 0. The van der Waals surface area contributed by atoms with Crippen molar-refractivity contribution in [2.75, 3.05) is 0 Å². The molecule has 230 valence electrons. The van der Waals surface area contributed by atoms with Crippen molar-refractivity contribution in [1.82, 2.24) is 0 Å². The molecule has 3 heteroatoms. The third kappa shape index (κ3) is 6.83. The van der Waals surface area contributed by atoms with Gasteiger partial charge in [-0.05, 0) is 49.2 Å². The van der Waals surface area contributed by atoms with E-state index in [0.717, 1.165) is 47.0 Å². The van der Waals surface area contributed by atoms with Crippen LogP contribution < -0.4 is 0 Å². The zero-order valence-electron chi connectivity index (χ0n) is 27.4. The van der Waals surface area contributed by atoms with Gasteiger partial charge < -0.3 is 8.83 Å². The van der Waals surface area contributed by atoms with Crippen LogP contribution in [0.5, 0.6) is 0 Å². The second kappa shape index (κ2) is 14.1. The van der Waals surface area contributed by atoms with Gasteiger partial charge in [0.1, 0.15) is 0 Å². The first-order valence-corrected chi connectivity index (χ1v) is 16.2. The van der Waals surface area contributed by atoms with Crippen molar-refractivity contribution in [2.45, 2.75) is 40.5 Å². The second-order valence-corrected chi connectivity index (χ2v) is 12.1. The van der Waals surface area contributed by atoms with Crippen LogP contribution >= 0.6 is 0 Å². The second-order valence-electron chi connectivity index (χ2n) is 12.1.